The monoisotopic (exact) mass is 372 g/mol. The average Bonchev–Trinajstić information content (AvgIpc) is 3.09. The third-order valence-electron chi connectivity index (χ3n) is 10.3. The van der Waals surface area contributed by atoms with Crippen LogP contribution in [-0.2, 0) is 4.79 Å². The Morgan fingerprint density at radius 3 is 2.41 bits per heavy atom. The zero-order chi connectivity index (χ0) is 19.4. The molecule has 154 valence electrons. The van der Waals surface area contributed by atoms with Gasteiger partial charge in [-0.1, -0.05) is 53.9 Å². The lowest BCUT2D eigenvalue weighted by Gasteiger charge is -2.58. The maximum Gasteiger partial charge on any atom is 0.133 e. The Bertz CT molecular complexity index is 565. The first-order valence-corrected chi connectivity index (χ1v) is 12.3. The molecule has 8 unspecified atom stereocenters. The smallest absolute Gasteiger partial charge is 0.133 e. The molecule has 4 saturated carbocycles. The zero-order valence-electron chi connectivity index (χ0n) is 18.7. The highest BCUT2D eigenvalue weighted by Crippen LogP contribution is 2.68. The van der Waals surface area contributed by atoms with Crippen LogP contribution in [0.1, 0.15) is 105 Å². The summed E-state index contributed by atoms with van der Waals surface area (Å²) in [6.07, 6.45) is 14.6. The van der Waals surface area contributed by atoms with Gasteiger partial charge in [0.2, 0.25) is 0 Å². The van der Waals surface area contributed by atoms with Crippen molar-refractivity contribution in [3.8, 4) is 0 Å². The summed E-state index contributed by atoms with van der Waals surface area (Å²) in [5.41, 5.74) is 0.937. The van der Waals surface area contributed by atoms with E-state index in [-0.39, 0.29) is 0 Å². The van der Waals surface area contributed by atoms with E-state index in [0.29, 0.717) is 22.5 Å². The first kappa shape index (κ1) is 20.0. The van der Waals surface area contributed by atoms with Crippen LogP contribution in [0.2, 0.25) is 0 Å². The molecule has 4 fully saturated rings. The van der Waals surface area contributed by atoms with Crippen molar-refractivity contribution in [1.29, 1.82) is 0 Å². The van der Waals surface area contributed by atoms with Gasteiger partial charge in [0.05, 0.1) is 0 Å². The fourth-order valence-corrected chi connectivity index (χ4v) is 8.94. The second kappa shape index (κ2) is 7.17. The number of ketones is 1. The topological polar surface area (TPSA) is 17.1 Å². The van der Waals surface area contributed by atoms with Gasteiger partial charge in [-0.2, -0.15) is 0 Å². The Balaban J connectivity index is 1.47. The van der Waals surface area contributed by atoms with E-state index in [2.05, 4.69) is 34.6 Å². The highest BCUT2D eigenvalue weighted by molar-refractivity contribution is 5.82. The minimum atomic E-state index is 0.350. The van der Waals surface area contributed by atoms with E-state index in [1.165, 1.54) is 57.8 Å². The second-order valence-corrected chi connectivity index (χ2v) is 12.1. The predicted molar refractivity (Wildman–Crippen MR) is 113 cm³/mol. The van der Waals surface area contributed by atoms with E-state index >= 15 is 0 Å². The van der Waals surface area contributed by atoms with Crippen LogP contribution in [-0.4, -0.2) is 5.78 Å². The van der Waals surface area contributed by atoms with Gasteiger partial charge in [0.15, 0.2) is 0 Å². The summed E-state index contributed by atoms with van der Waals surface area (Å²) in [6.45, 7) is 12.5. The molecule has 0 heterocycles. The predicted octanol–water partition coefficient (Wildman–Crippen LogP) is 7.29. The normalized spacial score (nSPS) is 47.6. The van der Waals surface area contributed by atoms with Crippen molar-refractivity contribution in [1.82, 2.24) is 0 Å². The summed E-state index contributed by atoms with van der Waals surface area (Å²) in [7, 11) is 0. The third-order valence-corrected chi connectivity index (χ3v) is 10.3. The number of hydrogen-bond acceptors (Lipinski definition) is 1. The van der Waals surface area contributed by atoms with Gasteiger partial charge in [0.1, 0.15) is 5.78 Å². The lowest BCUT2D eigenvalue weighted by Crippen LogP contribution is -2.50. The molecule has 0 aromatic heterocycles. The van der Waals surface area contributed by atoms with E-state index < -0.39 is 0 Å². The van der Waals surface area contributed by atoms with Crippen molar-refractivity contribution < 1.29 is 4.79 Å². The lowest BCUT2D eigenvalue weighted by molar-refractivity contribution is -0.119. The van der Waals surface area contributed by atoms with Gasteiger partial charge in [-0.05, 0) is 90.8 Å². The first-order chi connectivity index (χ1) is 12.8. The molecule has 27 heavy (non-hydrogen) atoms. The molecule has 0 radical (unpaired) electrons. The first-order valence-electron chi connectivity index (χ1n) is 12.3. The fraction of sp³-hybridized carbons (Fsp3) is 0.962. The highest BCUT2D eigenvalue weighted by Gasteiger charge is 2.61. The molecule has 1 nitrogen and oxygen atoms in total. The maximum atomic E-state index is 12.3. The van der Waals surface area contributed by atoms with E-state index in [9.17, 15) is 4.79 Å². The number of carbonyl (C=O) groups excluding carboxylic acids is 1. The Kier molecular flexibility index (Phi) is 5.30. The van der Waals surface area contributed by atoms with E-state index in [1.807, 2.05) is 0 Å². The molecular formula is C26H44O. The molecule has 0 amide bonds. The molecule has 4 aliphatic rings. The van der Waals surface area contributed by atoms with Crippen LogP contribution in [0.15, 0.2) is 0 Å². The van der Waals surface area contributed by atoms with E-state index in [4.69, 9.17) is 0 Å². The van der Waals surface area contributed by atoms with Crippen molar-refractivity contribution in [2.45, 2.75) is 105 Å². The summed E-state index contributed by atoms with van der Waals surface area (Å²) in [6, 6.07) is 0. The summed E-state index contributed by atoms with van der Waals surface area (Å²) < 4.78 is 0. The van der Waals surface area contributed by atoms with Crippen molar-refractivity contribution >= 4 is 5.78 Å². The van der Waals surface area contributed by atoms with Crippen LogP contribution in [0.3, 0.4) is 0 Å². The van der Waals surface area contributed by atoms with Gasteiger partial charge in [-0.15, -0.1) is 0 Å². The summed E-state index contributed by atoms with van der Waals surface area (Å²) in [5.74, 6) is 6.69. The summed E-state index contributed by atoms with van der Waals surface area (Å²) >= 11 is 0. The third kappa shape index (κ3) is 3.24. The minimum absolute atomic E-state index is 0.350. The molecule has 4 aliphatic carbocycles. The molecular weight excluding hydrogens is 328 g/mol. The fourth-order valence-electron chi connectivity index (χ4n) is 8.94. The molecule has 0 N–H and O–H groups in total. The highest BCUT2D eigenvalue weighted by atomic mass is 16.1. The molecule has 4 rings (SSSR count). The standard InChI is InChI=1S/C26H44O/c1-17(2)7-6-8-18(3)22-11-12-23-21-10-9-19-15-20(27)16-26(19,5)24(21)13-14-25(22,23)4/h17-19,21-24H,6-16H2,1-5H3. The van der Waals surface area contributed by atoms with E-state index in [1.54, 1.807) is 0 Å². The van der Waals surface area contributed by atoms with Crippen molar-refractivity contribution in [2.24, 2.45) is 52.3 Å². The molecule has 0 aromatic rings. The van der Waals surface area contributed by atoms with Crippen LogP contribution in [0.5, 0.6) is 0 Å². The average molecular weight is 373 g/mol. The SMILES string of the molecule is CC(C)CCCC(C)C1CCC2C3CCC4CC(=O)CC4(C)C3CCC12C. The molecule has 0 spiro atoms. The lowest BCUT2D eigenvalue weighted by atomic mass is 9.47. The number of fused-ring (bicyclic) bond motifs is 5. The van der Waals surface area contributed by atoms with Gasteiger partial charge in [0, 0.05) is 12.8 Å². The number of Topliss-reactive ketones (excluding diaryl/α,β-unsaturated/α-hetero) is 1. The van der Waals surface area contributed by atoms with Crippen molar-refractivity contribution in [3.05, 3.63) is 0 Å². The van der Waals surface area contributed by atoms with Crippen LogP contribution >= 0.6 is 0 Å². The van der Waals surface area contributed by atoms with Gasteiger partial charge in [-0.25, -0.2) is 0 Å². The number of carbonyl (C=O) groups is 1. The largest absolute Gasteiger partial charge is 0.300 e. The van der Waals surface area contributed by atoms with Crippen molar-refractivity contribution in [2.75, 3.05) is 0 Å². The van der Waals surface area contributed by atoms with Crippen LogP contribution < -0.4 is 0 Å². The number of rotatable bonds is 5. The molecule has 0 aliphatic heterocycles. The number of hydrogen-bond donors (Lipinski definition) is 0. The Hall–Kier alpha value is -0.330. The molecule has 0 bridgehead atoms. The maximum absolute atomic E-state index is 12.3. The molecule has 1 heteroatoms. The Morgan fingerprint density at radius 1 is 0.926 bits per heavy atom. The van der Waals surface area contributed by atoms with Crippen LogP contribution in [0, 0.1) is 52.3 Å². The van der Waals surface area contributed by atoms with Gasteiger partial charge >= 0.3 is 0 Å². The summed E-state index contributed by atoms with van der Waals surface area (Å²) in [4.78, 5) is 12.3. The molecule has 0 aromatic carbocycles. The van der Waals surface area contributed by atoms with Crippen LogP contribution in [0.4, 0.5) is 0 Å². The Labute approximate surface area is 168 Å². The Morgan fingerprint density at radius 2 is 1.67 bits per heavy atom. The van der Waals surface area contributed by atoms with Gasteiger partial charge in [-0.3, -0.25) is 4.79 Å². The summed E-state index contributed by atoms with van der Waals surface area (Å²) in [5, 5.41) is 0. The van der Waals surface area contributed by atoms with Gasteiger partial charge in [0.25, 0.3) is 0 Å². The van der Waals surface area contributed by atoms with E-state index in [0.717, 1.165) is 48.3 Å². The molecule has 8 atom stereocenters. The quantitative estimate of drug-likeness (QED) is 0.495. The molecule has 0 saturated heterocycles. The zero-order valence-corrected chi connectivity index (χ0v) is 18.7. The second-order valence-electron chi connectivity index (χ2n) is 12.1. The minimum Gasteiger partial charge on any atom is -0.300 e. The van der Waals surface area contributed by atoms with Crippen molar-refractivity contribution in [3.63, 3.8) is 0 Å². The van der Waals surface area contributed by atoms with Crippen LogP contribution in [0.25, 0.3) is 0 Å². The van der Waals surface area contributed by atoms with Gasteiger partial charge < -0.3 is 0 Å².